The Morgan fingerprint density at radius 3 is 2.53 bits per heavy atom. The van der Waals surface area contributed by atoms with Gasteiger partial charge in [0.2, 0.25) is 10.0 Å². The average Bonchev–Trinajstić information content (AvgIpc) is 2.05. The van der Waals surface area contributed by atoms with E-state index < -0.39 is 16.0 Å². The number of hydrogen-bond acceptors (Lipinski definition) is 4. The topological polar surface area (TPSA) is 86.3 Å². The average molecular weight is 228 g/mol. The number of carboxylic acid groups (broad SMARTS) is 1. The van der Waals surface area contributed by atoms with Crippen LogP contribution in [0.15, 0.2) is 24.3 Å². The predicted octanol–water partition coefficient (Wildman–Crippen LogP) is -0.650. The minimum Gasteiger partial charge on any atom is -0.550 e. The number of carboxylic acids is 1. The standard InChI is InChI=1S/C9H11NO4S/c1-15(13,14)10-8-5-3-2-4-7(8)6-9(11)12/h2-5,10H,6H2,1H3,(H,11,12)/p-1. The van der Waals surface area contributed by atoms with Crippen LogP contribution in [0, 0.1) is 0 Å². The first-order chi connectivity index (χ1) is 6.88. The highest BCUT2D eigenvalue weighted by Gasteiger charge is 2.06. The lowest BCUT2D eigenvalue weighted by Gasteiger charge is -2.10. The maximum atomic E-state index is 11.0. The zero-order chi connectivity index (χ0) is 11.5. The van der Waals surface area contributed by atoms with Gasteiger partial charge in [-0.3, -0.25) is 4.72 Å². The van der Waals surface area contributed by atoms with Gasteiger partial charge in [-0.15, -0.1) is 0 Å². The fourth-order valence-electron chi connectivity index (χ4n) is 1.13. The van der Waals surface area contributed by atoms with Gasteiger partial charge in [0.15, 0.2) is 0 Å². The van der Waals surface area contributed by atoms with E-state index in [2.05, 4.69) is 4.72 Å². The molecule has 15 heavy (non-hydrogen) atoms. The molecular weight excluding hydrogens is 218 g/mol. The number of hydrogen-bond donors (Lipinski definition) is 1. The van der Waals surface area contributed by atoms with Crippen LogP contribution < -0.4 is 9.83 Å². The predicted molar refractivity (Wildman–Crippen MR) is 53.6 cm³/mol. The molecule has 0 aliphatic carbocycles. The van der Waals surface area contributed by atoms with Crippen molar-refractivity contribution in [3.05, 3.63) is 29.8 Å². The number of carbonyl (C=O) groups excluding carboxylic acids is 1. The fraction of sp³-hybridized carbons (Fsp3) is 0.222. The van der Waals surface area contributed by atoms with Gasteiger partial charge in [-0.2, -0.15) is 0 Å². The summed E-state index contributed by atoms with van der Waals surface area (Å²) < 4.78 is 24.2. The van der Waals surface area contributed by atoms with E-state index in [4.69, 9.17) is 0 Å². The molecule has 0 unspecified atom stereocenters. The molecule has 0 radical (unpaired) electrons. The molecule has 0 heterocycles. The van der Waals surface area contributed by atoms with Crippen LogP contribution >= 0.6 is 0 Å². The van der Waals surface area contributed by atoms with E-state index >= 15 is 0 Å². The van der Waals surface area contributed by atoms with Gasteiger partial charge in [-0.1, -0.05) is 18.2 Å². The van der Waals surface area contributed by atoms with Crippen LogP contribution in [0.5, 0.6) is 0 Å². The maximum Gasteiger partial charge on any atom is 0.229 e. The molecule has 0 saturated heterocycles. The molecule has 1 N–H and O–H groups in total. The second-order valence-corrected chi connectivity index (χ2v) is 4.83. The lowest BCUT2D eigenvalue weighted by atomic mass is 10.1. The largest absolute Gasteiger partial charge is 0.550 e. The molecular formula is C9H10NO4S-. The molecule has 6 heteroatoms. The summed E-state index contributed by atoms with van der Waals surface area (Å²) in [6, 6.07) is 6.28. The van der Waals surface area contributed by atoms with Gasteiger partial charge in [-0.25, -0.2) is 8.42 Å². The molecule has 0 bridgehead atoms. The molecule has 0 fully saturated rings. The highest BCUT2D eigenvalue weighted by atomic mass is 32.2. The Morgan fingerprint density at radius 2 is 2.00 bits per heavy atom. The number of anilines is 1. The summed E-state index contributed by atoms with van der Waals surface area (Å²) in [5, 5.41) is 10.4. The van der Waals surface area contributed by atoms with E-state index in [0.29, 0.717) is 5.56 Å². The Morgan fingerprint density at radius 1 is 1.40 bits per heavy atom. The molecule has 5 nitrogen and oxygen atoms in total. The summed E-state index contributed by atoms with van der Waals surface area (Å²) in [5.74, 6) is -1.25. The molecule has 1 aromatic rings. The zero-order valence-electron chi connectivity index (χ0n) is 8.06. The quantitative estimate of drug-likeness (QED) is 0.742. The molecule has 1 rings (SSSR count). The minimum atomic E-state index is -3.40. The summed E-state index contributed by atoms with van der Waals surface area (Å²) >= 11 is 0. The highest BCUT2D eigenvalue weighted by molar-refractivity contribution is 7.92. The SMILES string of the molecule is CS(=O)(=O)Nc1ccccc1CC(=O)[O-]. The summed E-state index contributed by atoms with van der Waals surface area (Å²) in [6.07, 6.45) is 0.682. The lowest BCUT2D eigenvalue weighted by Crippen LogP contribution is -2.25. The van der Waals surface area contributed by atoms with Crippen LogP contribution in [-0.4, -0.2) is 20.6 Å². The van der Waals surface area contributed by atoms with Crippen LogP contribution in [0.3, 0.4) is 0 Å². The molecule has 1 aromatic carbocycles. The Labute approximate surface area is 87.8 Å². The van der Waals surface area contributed by atoms with E-state index in [0.717, 1.165) is 6.26 Å². The molecule has 0 amide bonds. The molecule has 82 valence electrons. The maximum absolute atomic E-state index is 11.0. The first kappa shape index (κ1) is 11.5. The third-order valence-corrected chi connectivity index (χ3v) is 2.24. The van der Waals surface area contributed by atoms with Crippen LogP contribution in [0.4, 0.5) is 5.69 Å². The first-order valence-corrected chi connectivity index (χ1v) is 6.03. The summed E-state index contributed by atoms with van der Waals surface area (Å²) in [5.41, 5.74) is 0.645. The first-order valence-electron chi connectivity index (χ1n) is 4.14. The van der Waals surface area contributed by atoms with E-state index in [1.165, 1.54) is 12.1 Å². The highest BCUT2D eigenvalue weighted by Crippen LogP contribution is 2.16. The van der Waals surface area contributed by atoms with Gasteiger partial charge >= 0.3 is 0 Å². The number of carbonyl (C=O) groups is 1. The minimum absolute atomic E-state index is 0.268. The third kappa shape index (κ3) is 3.99. The number of rotatable bonds is 4. The molecule has 0 aromatic heterocycles. The van der Waals surface area contributed by atoms with Crippen molar-refractivity contribution in [3.63, 3.8) is 0 Å². The summed E-state index contributed by atoms with van der Waals surface area (Å²) in [7, 11) is -3.40. The lowest BCUT2D eigenvalue weighted by molar-refractivity contribution is -0.304. The number of benzene rings is 1. The van der Waals surface area contributed by atoms with E-state index in [9.17, 15) is 18.3 Å². The normalized spacial score (nSPS) is 11.0. The van der Waals surface area contributed by atoms with Crippen molar-refractivity contribution in [2.75, 3.05) is 11.0 Å². The summed E-state index contributed by atoms with van der Waals surface area (Å²) in [6.45, 7) is 0. The van der Waals surface area contributed by atoms with Crippen molar-refractivity contribution < 1.29 is 18.3 Å². The van der Waals surface area contributed by atoms with Crippen molar-refractivity contribution in [2.24, 2.45) is 0 Å². The number of para-hydroxylation sites is 1. The second-order valence-electron chi connectivity index (χ2n) is 3.08. The van der Waals surface area contributed by atoms with E-state index in [1.807, 2.05) is 0 Å². The fourth-order valence-corrected chi connectivity index (χ4v) is 1.73. The monoisotopic (exact) mass is 228 g/mol. The number of sulfonamides is 1. The van der Waals surface area contributed by atoms with Crippen LogP contribution in [0.2, 0.25) is 0 Å². The van der Waals surface area contributed by atoms with Gasteiger partial charge in [-0.05, 0) is 11.6 Å². The van der Waals surface area contributed by atoms with Gasteiger partial charge in [0.25, 0.3) is 0 Å². The van der Waals surface area contributed by atoms with Gasteiger partial charge in [0.05, 0.1) is 11.9 Å². The Kier molecular flexibility index (Phi) is 3.31. The molecule has 0 aliphatic rings. The van der Waals surface area contributed by atoms with Crippen molar-refractivity contribution in [3.8, 4) is 0 Å². The Hall–Kier alpha value is -1.56. The molecule has 0 atom stereocenters. The summed E-state index contributed by atoms with van der Waals surface area (Å²) in [4.78, 5) is 10.4. The van der Waals surface area contributed by atoms with Crippen molar-refractivity contribution in [1.29, 1.82) is 0 Å². The Bertz CT molecular complexity index is 467. The molecule has 0 saturated carbocycles. The second kappa shape index (κ2) is 4.31. The van der Waals surface area contributed by atoms with Crippen molar-refractivity contribution in [2.45, 2.75) is 6.42 Å². The third-order valence-electron chi connectivity index (χ3n) is 1.65. The van der Waals surface area contributed by atoms with Crippen LogP contribution in [0.1, 0.15) is 5.56 Å². The van der Waals surface area contributed by atoms with Crippen LogP contribution in [-0.2, 0) is 21.2 Å². The molecule has 0 spiro atoms. The van der Waals surface area contributed by atoms with Crippen LogP contribution in [0.25, 0.3) is 0 Å². The van der Waals surface area contributed by atoms with E-state index in [-0.39, 0.29) is 12.1 Å². The number of nitrogens with one attached hydrogen (secondary N) is 1. The molecule has 0 aliphatic heterocycles. The zero-order valence-corrected chi connectivity index (χ0v) is 8.87. The number of aliphatic carboxylic acids is 1. The smallest absolute Gasteiger partial charge is 0.229 e. The Balaban J connectivity index is 3.01. The van der Waals surface area contributed by atoms with E-state index in [1.54, 1.807) is 12.1 Å². The van der Waals surface area contributed by atoms with Crippen molar-refractivity contribution >= 4 is 21.7 Å². The van der Waals surface area contributed by atoms with Gasteiger partial charge in [0.1, 0.15) is 0 Å². The van der Waals surface area contributed by atoms with Gasteiger partial charge < -0.3 is 9.90 Å². The van der Waals surface area contributed by atoms with Gasteiger partial charge in [0, 0.05) is 12.4 Å². The van der Waals surface area contributed by atoms with Crippen molar-refractivity contribution in [1.82, 2.24) is 0 Å².